The Morgan fingerprint density at radius 3 is 1.53 bits per heavy atom. The van der Waals surface area contributed by atoms with Crippen molar-refractivity contribution in [3.8, 4) is 89.9 Å². The number of ether oxygens (including phenoxy) is 1. The highest BCUT2D eigenvalue weighted by atomic mass is 16.5. The van der Waals surface area contributed by atoms with E-state index in [0.717, 1.165) is 67.4 Å². The van der Waals surface area contributed by atoms with E-state index >= 15 is 0 Å². The first-order valence-electron chi connectivity index (χ1n) is 17.9. The summed E-state index contributed by atoms with van der Waals surface area (Å²) in [5, 5.41) is 2.37. The second-order valence-corrected chi connectivity index (χ2v) is 13.4. The van der Waals surface area contributed by atoms with E-state index in [2.05, 4.69) is 170 Å². The van der Waals surface area contributed by atoms with Crippen molar-refractivity contribution in [3.05, 3.63) is 194 Å². The van der Waals surface area contributed by atoms with Crippen LogP contribution in [0.2, 0.25) is 0 Å². The van der Waals surface area contributed by atoms with Crippen molar-refractivity contribution in [2.24, 2.45) is 0 Å². The van der Waals surface area contributed by atoms with E-state index in [1.807, 2.05) is 24.3 Å². The van der Waals surface area contributed by atoms with Gasteiger partial charge in [-0.1, -0.05) is 164 Å². The number of fused-ring (bicyclic) bond motifs is 2. The molecule has 3 heteroatoms. The Balaban J connectivity index is 0.971. The van der Waals surface area contributed by atoms with Gasteiger partial charge in [0.05, 0.1) is 11.4 Å². The quantitative estimate of drug-likeness (QED) is 0.176. The molecule has 8 aromatic carbocycles. The average molecular weight is 677 g/mol. The van der Waals surface area contributed by atoms with Crippen LogP contribution in [-0.4, -0.2) is 9.97 Å². The Morgan fingerprint density at radius 1 is 0.302 bits per heavy atom. The van der Waals surface area contributed by atoms with Crippen LogP contribution in [-0.2, 0) is 0 Å². The smallest absolute Gasteiger partial charge is 0.160 e. The molecule has 1 aliphatic rings. The summed E-state index contributed by atoms with van der Waals surface area (Å²) in [5.74, 6) is 2.50. The molecule has 0 spiro atoms. The van der Waals surface area contributed by atoms with Gasteiger partial charge in [0.25, 0.3) is 0 Å². The lowest BCUT2D eigenvalue weighted by atomic mass is 9.92. The van der Waals surface area contributed by atoms with Gasteiger partial charge in [-0.2, -0.15) is 0 Å². The first kappa shape index (κ1) is 30.7. The van der Waals surface area contributed by atoms with E-state index in [1.165, 1.54) is 27.5 Å². The number of aromatic nitrogens is 2. The SMILES string of the molecule is c1ccc(-c2ccc(-c3cc(-c4cccc(-c5ccc(-c6ccc7c(c6)Oc6cccc8cccc-7c68)cc5)c4)nc(-c4ccccc4)n3)cc2)cc1. The first-order valence-corrected chi connectivity index (χ1v) is 17.9. The van der Waals surface area contributed by atoms with Gasteiger partial charge in [-0.15, -0.1) is 0 Å². The standard InChI is InChI=1S/C50H32N2O/c1-3-10-33(11-4-1)34-24-26-37(27-25-34)45-32-46(52-50(51-45)39-12-5-2-6-13-39)42-17-7-16-40(30-42)35-20-22-36(23-21-35)41-28-29-43-44-18-8-14-38-15-9-19-47(49(38)44)53-48(43)31-41/h1-32H. The summed E-state index contributed by atoms with van der Waals surface area (Å²) in [7, 11) is 0. The normalized spacial score (nSPS) is 11.5. The minimum absolute atomic E-state index is 0.703. The molecule has 0 saturated heterocycles. The zero-order valence-corrected chi connectivity index (χ0v) is 28.8. The van der Waals surface area contributed by atoms with E-state index in [1.54, 1.807) is 0 Å². The van der Waals surface area contributed by atoms with E-state index in [0.29, 0.717) is 5.82 Å². The van der Waals surface area contributed by atoms with Crippen molar-refractivity contribution in [1.82, 2.24) is 9.97 Å². The number of benzene rings is 8. The minimum Gasteiger partial charge on any atom is -0.456 e. The Hall–Kier alpha value is -7.10. The van der Waals surface area contributed by atoms with Crippen LogP contribution in [0.1, 0.15) is 0 Å². The molecule has 0 bridgehead atoms. The predicted molar refractivity (Wildman–Crippen MR) is 218 cm³/mol. The summed E-state index contributed by atoms with van der Waals surface area (Å²) in [6, 6.07) is 68.0. The van der Waals surface area contributed by atoms with Crippen LogP contribution in [0.25, 0.3) is 89.2 Å². The lowest BCUT2D eigenvalue weighted by Gasteiger charge is -2.22. The molecule has 1 aromatic heterocycles. The number of hydrogen-bond donors (Lipinski definition) is 0. The zero-order chi connectivity index (χ0) is 35.1. The molecule has 10 rings (SSSR count). The zero-order valence-electron chi connectivity index (χ0n) is 28.8. The third kappa shape index (κ3) is 5.75. The van der Waals surface area contributed by atoms with Gasteiger partial charge in [0.1, 0.15) is 11.5 Å². The van der Waals surface area contributed by atoms with Gasteiger partial charge in [-0.3, -0.25) is 0 Å². The maximum atomic E-state index is 6.45. The second kappa shape index (κ2) is 12.9. The van der Waals surface area contributed by atoms with Crippen molar-refractivity contribution in [2.45, 2.75) is 0 Å². The summed E-state index contributed by atoms with van der Waals surface area (Å²) < 4.78 is 6.45. The third-order valence-electron chi connectivity index (χ3n) is 10.1. The molecule has 0 amide bonds. The summed E-state index contributed by atoms with van der Waals surface area (Å²) in [6.07, 6.45) is 0. The molecule has 0 atom stereocenters. The molecular formula is C50H32N2O. The monoisotopic (exact) mass is 676 g/mol. The number of rotatable bonds is 6. The highest BCUT2D eigenvalue weighted by Gasteiger charge is 2.20. The Kier molecular flexibility index (Phi) is 7.47. The fourth-order valence-corrected chi connectivity index (χ4v) is 7.38. The third-order valence-corrected chi connectivity index (χ3v) is 10.1. The maximum absolute atomic E-state index is 6.45. The highest BCUT2D eigenvalue weighted by molar-refractivity contribution is 6.04. The Morgan fingerprint density at radius 2 is 0.811 bits per heavy atom. The lowest BCUT2D eigenvalue weighted by molar-refractivity contribution is 0.487. The van der Waals surface area contributed by atoms with Crippen LogP contribution in [0.15, 0.2) is 194 Å². The predicted octanol–water partition coefficient (Wildman–Crippen LogP) is 13.4. The van der Waals surface area contributed by atoms with Gasteiger partial charge in [-0.25, -0.2) is 9.97 Å². The van der Waals surface area contributed by atoms with Crippen molar-refractivity contribution < 1.29 is 4.74 Å². The lowest BCUT2D eigenvalue weighted by Crippen LogP contribution is -1.97. The molecule has 248 valence electrons. The van der Waals surface area contributed by atoms with Crippen molar-refractivity contribution in [1.29, 1.82) is 0 Å². The van der Waals surface area contributed by atoms with Crippen LogP contribution >= 0.6 is 0 Å². The van der Waals surface area contributed by atoms with E-state index in [4.69, 9.17) is 14.7 Å². The van der Waals surface area contributed by atoms with Gasteiger partial charge in [0.15, 0.2) is 5.82 Å². The molecule has 0 N–H and O–H groups in total. The topological polar surface area (TPSA) is 35.0 Å². The van der Waals surface area contributed by atoms with Crippen LogP contribution in [0.4, 0.5) is 0 Å². The molecule has 0 saturated carbocycles. The van der Waals surface area contributed by atoms with Crippen LogP contribution in [0.3, 0.4) is 0 Å². The molecule has 2 heterocycles. The molecule has 0 fully saturated rings. The van der Waals surface area contributed by atoms with Crippen molar-refractivity contribution >= 4 is 10.8 Å². The van der Waals surface area contributed by atoms with Crippen molar-refractivity contribution in [3.63, 3.8) is 0 Å². The van der Waals surface area contributed by atoms with Crippen LogP contribution in [0.5, 0.6) is 11.5 Å². The van der Waals surface area contributed by atoms with Gasteiger partial charge in [0, 0.05) is 27.6 Å². The molecular weight excluding hydrogens is 645 g/mol. The Bertz CT molecular complexity index is 2770. The average Bonchev–Trinajstić information content (AvgIpc) is 3.24. The largest absolute Gasteiger partial charge is 0.456 e. The van der Waals surface area contributed by atoms with Crippen molar-refractivity contribution in [2.75, 3.05) is 0 Å². The molecule has 53 heavy (non-hydrogen) atoms. The molecule has 9 aromatic rings. The fourth-order valence-electron chi connectivity index (χ4n) is 7.38. The number of nitrogens with zero attached hydrogens (tertiary/aromatic N) is 2. The fraction of sp³-hybridized carbons (Fsp3) is 0. The number of hydrogen-bond acceptors (Lipinski definition) is 3. The van der Waals surface area contributed by atoms with E-state index < -0.39 is 0 Å². The Labute approximate surface area is 308 Å². The minimum atomic E-state index is 0.703. The summed E-state index contributed by atoms with van der Waals surface area (Å²) in [4.78, 5) is 10.1. The first-order chi connectivity index (χ1) is 26.2. The summed E-state index contributed by atoms with van der Waals surface area (Å²) >= 11 is 0. The molecule has 1 aliphatic heterocycles. The second-order valence-electron chi connectivity index (χ2n) is 13.4. The van der Waals surface area contributed by atoms with Gasteiger partial charge >= 0.3 is 0 Å². The van der Waals surface area contributed by atoms with Gasteiger partial charge < -0.3 is 4.74 Å². The van der Waals surface area contributed by atoms with Crippen LogP contribution < -0.4 is 4.74 Å². The van der Waals surface area contributed by atoms with Gasteiger partial charge in [-0.05, 0) is 74.7 Å². The summed E-state index contributed by atoms with van der Waals surface area (Å²) in [6.45, 7) is 0. The van der Waals surface area contributed by atoms with E-state index in [-0.39, 0.29) is 0 Å². The summed E-state index contributed by atoms with van der Waals surface area (Å²) in [5.41, 5.74) is 14.1. The molecule has 0 unspecified atom stereocenters. The molecule has 3 nitrogen and oxygen atoms in total. The maximum Gasteiger partial charge on any atom is 0.160 e. The highest BCUT2D eigenvalue weighted by Crippen LogP contribution is 2.47. The molecule has 0 aliphatic carbocycles. The van der Waals surface area contributed by atoms with Crippen LogP contribution in [0, 0.1) is 0 Å². The van der Waals surface area contributed by atoms with Gasteiger partial charge in [0.2, 0.25) is 0 Å². The molecule has 0 radical (unpaired) electrons. The van der Waals surface area contributed by atoms with E-state index in [9.17, 15) is 0 Å².